The van der Waals surface area contributed by atoms with Crippen LogP contribution in [0.4, 0.5) is 0 Å². The van der Waals surface area contributed by atoms with E-state index in [0.29, 0.717) is 19.6 Å². The first kappa shape index (κ1) is 19.2. The molecule has 2 fully saturated rings. The Morgan fingerprint density at radius 2 is 1.93 bits per heavy atom. The lowest BCUT2D eigenvalue weighted by Crippen LogP contribution is -2.51. The molecule has 2 saturated heterocycles. The van der Waals surface area contributed by atoms with Crippen molar-refractivity contribution in [2.24, 2.45) is 0 Å². The highest BCUT2D eigenvalue weighted by Crippen LogP contribution is 2.30. The number of piperidine rings is 1. The zero-order valence-corrected chi connectivity index (χ0v) is 16.8. The molecule has 2 aromatic rings. The van der Waals surface area contributed by atoms with Crippen LogP contribution in [-0.2, 0) is 9.53 Å². The number of nitrogens with zero attached hydrogens (tertiary/aromatic N) is 3. The highest BCUT2D eigenvalue weighted by molar-refractivity contribution is 5.78. The number of likely N-dealkylation sites (tertiary alicyclic amines) is 1. The van der Waals surface area contributed by atoms with Gasteiger partial charge in [0.2, 0.25) is 5.91 Å². The first-order chi connectivity index (χ1) is 13.6. The third-order valence-corrected chi connectivity index (χ3v) is 5.72. The summed E-state index contributed by atoms with van der Waals surface area (Å²) in [6, 6.07) is 10.4. The van der Waals surface area contributed by atoms with Gasteiger partial charge in [-0.25, -0.2) is 4.98 Å². The van der Waals surface area contributed by atoms with E-state index in [1.165, 1.54) is 6.42 Å². The van der Waals surface area contributed by atoms with E-state index < -0.39 is 0 Å². The largest absolute Gasteiger partial charge is 0.372 e. The third kappa shape index (κ3) is 4.28. The Hall–Kier alpha value is -2.18. The summed E-state index contributed by atoms with van der Waals surface area (Å²) >= 11 is 0. The summed E-state index contributed by atoms with van der Waals surface area (Å²) in [6.07, 6.45) is 5.44. The number of aromatic amines is 1. The Labute approximate surface area is 166 Å². The second-order valence-electron chi connectivity index (χ2n) is 8.09. The van der Waals surface area contributed by atoms with Crippen LogP contribution in [0, 0.1) is 0 Å². The molecular formula is C22H30N4O2. The number of nitrogens with one attached hydrogen (secondary N) is 1. The zero-order valence-electron chi connectivity index (χ0n) is 16.8. The van der Waals surface area contributed by atoms with E-state index in [-0.39, 0.29) is 24.2 Å². The number of carbonyl (C=O) groups is 1. The molecule has 0 spiro atoms. The van der Waals surface area contributed by atoms with Gasteiger partial charge in [0, 0.05) is 13.1 Å². The van der Waals surface area contributed by atoms with Crippen LogP contribution in [0.1, 0.15) is 45.0 Å². The van der Waals surface area contributed by atoms with Gasteiger partial charge in [0.05, 0.1) is 36.7 Å². The second kappa shape index (κ2) is 8.45. The van der Waals surface area contributed by atoms with E-state index in [9.17, 15) is 4.79 Å². The first-order valence-electron chi connectivity index (χ1n) is 10.4. The number of morpholine rings is 1. The molecule has 1 aromatic heterocycles. The van der Waals surface area contributed by atoms with Gasteiger partial charge in [-0.15, -0.1) is 0 Å². The molecule has 4 rings (SSSR count). The normalized spacial score (nSPS) is 26.4. The van der Waals surface area contributed by atoms with Crippen LogP contribution in [0.2, 0.25) is 0 Å². The molecule has 0 unspecified atom stereocenters. The fourth-order valence-corrected chi connectivity index (χ4v) is 4.42. The van der Waals surface area contributed by atoms with Gasteiger partial charge in [-0.1, -0.05) is 36.8 Å². The van der Waals surface area contributed by atoms with Crippen LogP contribution < -0.4 is 0 Å². The predicted octanol–water partition coefficient (Wildman–Crippen LogP) is 3.24. The molecule has 3 heterocycles. The number of carbonyl (C=O) groups excluding carboxylic acids is 1. The van der Waals surface area contributed by atoms with Gasteiger partial charge in [-0.05, 0) is 38.8 Å². The molecule has 2 aliphatic heterocycles. The number of amides is 1. The van der Waals surface area contributed by atoms with Gasteiger partial charge in [0.15, 0.2) is 0 Å². The van der Waals surface area contributed by atoms with Crippen molar-refractivity contribution in [1.82, 2.24) is 19.8 Å². The van der Waals surface area contributed by atoms with Crippen molar-refractivity contribution in [3.05, 3.63) is 42.4 Å². The maximum Gasteiger partial charge on any atom is 0.236 e. The highest BCUT2D eigenvalue weighted by Gasteiger charge is 2.31. The number of benzene rings is 1. The standard InChI is InChI=1S/C22H30N4O2/c1-16-13-26(14-17(2)28-16)21(27)15-25-11-7-6-10-20(25)22-23-12-19(24-22)18-8-4-3-5-9-18/h3-5,8-9,12,16-17,20H,6-7,10-11,13-15H2,1-2H3,(H,23,24)/t16-,17-,20+/m1/s1. The summed E-state index contributed by atoms with van der Waals surface area (Å²) in [7, 11) is 0. The molecule has 0 aliphatic carbocycles. The summed E-state index contributed by atoms with van der Waals surface area (Å²) < 4.78 is 5.77. The molecule has 2 aliphatic rings. The smallest absolute Gasteiger partial charge is 0.236 e. The Balaban J connectivity index is 1.46. The number of rotatable bonds is 4. The van der Waals surface area contributed by atoms with Crippen LogP contribution in [0.15, 0.2) is 36.5 Å². The van der Waals surface area contributed by atoms with Crippen molar-refractivity contribution >= 4 is 5.91 Å². The molecule has 0 radical (unpaired) electrons. The second-order valence-corrected chi connectivity index (χ2v) is 8.09. The molecule has 0 saturated carbocycles. The topological polar surface area (TPSA) is 61.5 Å². The van der Waals surface area contributed by atoms with Crippen molar-refractivity contribution in [3.63, 3.8) is 0 Å². The molecule has 3 atom stereocenters. The molecule has 28 heavy (non-hydrogen) atoms. The van der Waals surface area contributed by atoms with Crippen LogP contribution >= 0.6 is 0 Å². The minimum absolute atomic E-state index is 0.100. The summed E-state index contributed by atoms with van der Waals surface area (Å²) in [5.74, 6) is 1.17. The summed E-state index contributed by atoms with van der Waals surface area (Å²) in [5.41, 5.74) is 2.17. The third-order valence-electron chi connectivity index (χ3n) is 5.72. The maximum absolute atomic E-state index is 13.0. The summed E-state index contributed by atoms with van der Waals surface area (Å²) in [4.78, 5) is 25.4. The van der Waals surface area contributed by atoms with Crippen molar-refractivity contribution < 1.29 is 9.53 Å². The number of H-pyrrole nitrogens is 1. The maximum atomic E-state index is 13.0. The van der Waals surface area contributed by atoms with E-state index in [0.717, 1.165) is 36.5 Å². The molecule has 0 bridgehead atoms. The van der Waals surface area contributed by atoms with Crippen LogP contribution in [0.25, 0.3) is 11.3 Å². The van der Waals surface area contributed by atoms with E-state index >= 15 is 0 Å². The quantitative estimate of drug-likeness (QED) is 0.882. The van der Waals surface area contributed by atoms with Gasteiger partial charge in [-0.3, -0.25) is 9.69 Å². The lowest BCUT2D eigenvalue weighted by Gasteiger charge is -2.39. The number of ether oxygens (including phenoxy) is 1. The molecule has 6 heteroatoms. The van der Waals surface area contributed by atoms with Crippen molar-refractivity contribution in [1.29, 1.82) is 0 Å². The fraction of sp³-hybridized carbons (Fsp3) is 0.545. The lowest BCUT2D eigenvalue weighted by molar-refractivity contribution is -0.145. The van der Waals surface area contributed by atoms with Gasteiger partial charge in [0.25, 0.3) is 0 Å². The zero-order chi connectivity index (χ0) is 19.5. The van der Waals surface area contributed by atoms with Gasteiger partial charge >= 0.3 is 0 Å². The molecule has 1 N–H and O–H groups in total. The number of imidazole rings is 1. The first-order valence-corrected chi connectivity index (χ1v) is 10.4. The van der Waals surface area contributed by atoms with E-state index in [1.54, 1.807) is 0 Å². The Morgan fingerprint density at radius 1 is 1.18 bits per heavy atom. The molecule has 6 nitrogen and oxygen atoms in total. The summed E-state index contributed by atoms with van der Waals surface area (Å²) in [5, 5.41) is 0. The SMILES string of the molecule is C[C@@H]1CN(C(=O)CN2CCCC[C@H]2c2ncc(-c3ccccc3)[nH]2)C[C@@H](C)O1. The lowest BCUT2D eigenvalue weighted by atomic mass is 10.0. The number of hydrogen-bond acceptors (Lipinski definition) is 4. The minimum Gasteiger partial charge on any atom is -0.372 e. The van der Waals surface area contributed by atoms with Crippen molar-refractivity contribution in [2.45, 2.75) is 51.4 Å². The highest BCUT2D eigenvalue weighted by atomic mass is 16.5. The Kier molecular flexibility index (Phi) is 5.78. The van der Waals surface area contributed by atoms with Gasteiger partial charge in [0.1, 0.15) is 5.82 Å². The Morgan fingerprint density at radius 3 is 2.68 bits per heavy atom. The predicted molar refractivity (Wildman–Crippen MR) is 109 cm³/mol. The van der Waals surface area contributed by atoms with Crippen LogP contribution in [0.3, 0.4) is 0 Å². The van der Waals surface area contributed by atoms with E-state index in [1.807, 2.05) is 43.1 Å². The molecule has 150 valence electrons. The number of aromatic nitrogens is 2. The van der Waals surface area contributed by atoms with Crippen LogP contribution in [0.5, 0.6) is 0 Å². The average molecular weight is 383 g/mol. The summed E-state index contributed by atoms with van der Waals surface area (Å²) in [6.45, 7) is 6.82. The van der Waals surface area contributed by atoms with Crippen LogP contribution in [-0.4, -0.2) is 64.1 Å². The van der Waals surface area contributed by atoms with E-state index in [2.05, 4.69) is 27.0 Å². The van der Waals surface area contributed by atoms with Crippen molar-refractivity contribution in [2.75, 3.05) is 26.2 Å². The fourth-order valence-electron chi connectivity index (χ4n) is 4.42. The number of hydrogen-bond donors (Lipinski definition) is 1. The molecule has 1 amide bonds. The van der Waals surface area contributed by atoms with E-state index in [4.69, 9.17) is 4.74 Å². The van der Waals surface area contributed by atoms with Gasteiger partial charge in [-0.2, -0.15) is 0 Å². The molecular weight excluding hydrogens is 352 g/mol. The van der Waals surface area contributed by atoms with Gasteiger partial charge < -0.3 is 14.6 Å². The molecule has 1 aromatic carbocycles. The van der Waals surface area contributed by atoms with Crippen molar-refractivity contribution in [3.8, 4) is 11.3 Å². The monoisotopic (exact) mass is 382 g/mol. The Bertz CT molecular complexity index is 781. The minimum atomic E-state index is 0.100. The average Bonchev–Trinajstić information content (AvgIpc) is 3.18.